The summed E-state index contributed by atoms with van der Waals surface area (Å²) in [7, 11) is -0.585. The fourth-order valence-corrected chi connectivity index (χ4v) is 3.85. The van der Waals surface area contributed by atoms with Crippen LogP contribution >= 0.6 is 0 Å². The van der Waals surface area contributed by atoms with Crippen LogP contribution in [0.3, 0.4) is 0 Å². The summed E-state index contributed by atoms with van der Waals surface area (Å²) in [5, 5.41) is 0. The van der Waals surface area contributed by atoms with Crippen LogP contribution in [0.15, 0.2) is 53.8 Å². The van der Waals surface area contributed by atoms with E-state index < -0.39 is 21.8 Å². The quantitative estimate of drug-likeness (QED) is 0.677. The monoisotopic (exact) mass is 423 g/mol. The fourth-order valence-electron chi connectivity index (χ4n) is 3.09. The van der Waals surface area contributed by atoms with E-state index in [4.69, 9.17) is 0 Å². The number of rotatable bonds is 5. The maximum atomic E-state index is 13.3. The molecule has 0 aliphatic heterocycles. The molecule has 154 valence electrons. The highest BCUT2D eigenvalue weighted by molar-refractivity contribution is 7.89. The zero-order chi connectivity index (χ0) is 21.4. The van der Waals surface area contributed by atoms with E-state index >= 15 is 0 Å². The van der Waals surface area contributed by atoms with Crippen LogP contribution in [0.5, 0.6) is 0 Å². The van der Waals surface area contributed by atoms with Crippen molar-refractivity contribution < 1.29 is 21.6 Å². The molecule has 29 heavy (non-hydrogen) atoms. The number of aryl methyl sites for hydroxylation is 2. The molecule has 0 radical (unpaired) electrons. The number of nitrogens with zero attached hydrogens (tertiary/aromatic N) is 2. The Hall–Kier alpha value is -2.65. The zero-order valence-electron chi connectivity index (χ0n) is 16.1. The smallest absolute Gasteiger partial charge is 0.340 e. The van der Waals surface area contributed by atoms with Gasteiger partial charge in [0.2, 0.25) is 10.0 Å². The minimum atomic E-state index is -4.44. The number of aromatic nitrogens is 2. The van der Waals surface area contributed by atoms with E-state index in [1.54, 1.807) is 36.3 Å². The molecule has 2 aromatic carbocycles. The lowest BCUT2D eigenvalue weighted by molar-refractivity contribution is -0.138. The third kappa shape index (κ3) is 4.51. The first-order valence-corrected chi connectivity index (χ1v) is 10.2. The van der Waals surface area contributed by atoms with Gasteiger partial charge >= 0.3 is 6.18 Å². The summed E-state index contributed by atoms with van der Waals surface area (Å²) in [4.78, 5) is 4.34. The van der Waals surface area contributed by atoms with Gasteiger partial charge in [-0.3, -0.25) is 0 Å². The number of imidazole rings is 1. The summed E-state index contributed by atoms with van der Waals surface area (Å²) in [6.07, 6.45) is -0.930. The van der Waals surface area contributed by atoms with E-state index in [0.717, 1.165) is 6.07 Å². The third-order valence-electron chi connectivity index (χ3n) is 4.64. The summed E-state index contributed by atoms with van der Waals surface area (Å²) in [5.41, 5.74) is 1.72. The summed E-state index contributed by atoms with van der Waals surface area (Å²) >= 11 is 0. The van der Waals surface area contributed by atoms with Gasteiger partial charge in [0.25, 0.3) is 0 Å². The minimum absolute atomic E-state index is 0.0595. The fraction of sp³-hybridized carbons (Fsp3) is 0.250. The number of halogens is 3. The number of alkyl halides is 3. The Kier molecular flexibility index (Phi) is 5.55. The van der Waals surface area contributed by atoms with Gasteiger partial charge in [0.05, 0.1) is 22.5 Å². The highest BCUT2D eigenvalue weighted by Gasteiger charge is 2.32. The first-order valence-electron chi connectivity index (χ1n) is 8.73. The van der Waals surface area contributed by atoms with Crippen LogP contribution in [0.1, 0.15) is 22.3 Å². The number of hydrogen-bond donors (Lipinski definition) is 1. The predicted molar refractivity (Wildman–Crippen MR) is 104 cm³/mol. The van der Waals surface area contributed by atoms with Crippen molar-refractivity contribution in [2.24, 2.45) is 7.05 Å². The normalized spacial score (nSPS) is 12.3. The number of nitrogens with one attached hydrogen (secondary N) is 1. The van der Waals surface area contributed by atoms with Gasteiger partial charge < -0.3 is 4.57 Å². The van der Waals surface area contributed by atoms with Crippen molar-refractivity contribution in [3.05, 3.63) is 71.2 Å². The molecule has 0 aliphatic carbocycles. The molecule has 0 saturated carbocycles. The second-order valence-corrected chi connectivity index (χ2v) is 8.66. The molecular formula is C20H20F3N3O2S. The van der Waals surface area contributed by atoms with E-state index in [9.17, 15) is 21.6 Å². The maximum Gasteiger partial charge on any atom is 0.416 e. The minimum Gasteiger partial charge on any atom is -0.340 e. The van der Waals surface area contributed by atoms with Gasteiger partial charge in [0.1, 0.15) is 0 Å². The molecule has 0 spiro atoms. The first kappa shape index (κ1) is 21.1. The average molecular weight is 423 g/mol. The Morgan fingerprint density at radius 3 is 2.45 bits per heavy atom. The molecule has 0 amide bonds. The molecule has 3 aromatic rings. The van der Waals surface area contributed by atoms with E-state index in [0.29, 0.717) is 22.4 Å². The Labute approximate surface area is 167 Å². The van der Waals surface area contributed by atoms with Gasteiger partial charge in [-0.05, 0) is 55.3 Å². The van der Waals surface area contributed by atoms with Gasteiger partial charge in [0, 0.05) is 18.8 Å². The molecule has 0 fully saturated rings. The molecule has 1 aromatic heterocycles. The van der Waals surface area contributed by atoms with Crippen LogP contribution in [-0.2, 0) is 29.7 Å². The van der Waals surface area contributed by atoms with Crippen molar-refractivity contribution >= 4 is 10.0 Å². The van der Waals surface area contributed by atoms with Crippen LogP contribution in [0.25, 0.3) is 11.3 Å². The summed E-state index contributed by atoms with van der Waals surface area (Å²) < 4.78 is 68.1. The highest BCUT2D eigenvalue weighted by Crippen LogP contribution is 2.34. The Balaban J connectivity index is 2.10. The molecule has 9 heteroatoms. The Bertz CT molecular complexity index is 1150. The highest BCUT2D eigenvalue weighted by atomic mass is 32.2. The molecule has 1 heterocycles. The first-order chi connectivity index (χ1) is 13.5. The van der Waals surface area contributed by atoms with Crippen molar-refractivity contribution in [3.8, 4) is 11.3 Å². The molecule has 0 aliphatic rings. The van der Waals surface area contributed by atoms with Crippen LogP contribution in [0, 0.1) is 6.92 Å². The summed E-state index contributed by atoms with van der Waals surface area (Å²) in [6, 6.07) is 8.76. The van der Waals surface area contributed by atoms with Crippen LogP contribution < -0.4 is 4.72 Å². The van der Waals surface area contributed by atoms with Crippen molar-refractivity contribution in [2.75, 3.05) is 7.05 Å². The lowest BCUT2D eigenvalue weighted by Gasteiger charge is -2.14. The second kappa shape index (κ2) is 7.64. The molecule has 0 bridgehead atoms. The molecular weight excluding hydrogens is 403 g/mol. The molecule has 0 saturated heterocycles. The molecule has 0 atom stereocenters. The van der Waals surface area contributed by atoms with Gasteiger partial charge in [-0.15, -0.1) is 0 Å². The Morgan fingerprint density at radius 1 is 1.14 bits per heavy atom. The van der Waals surface area contributed by atoms with E-state index in [1.807, 2.05) is 0 Å². The van der Waals surface area contributed by atoms with Crippen LogP contribution in [0.2, 0.25) is 0 Å². The van der Waals surface area contributed by atoms with Crippen molar-refractivity contribution in [1.82, 2.24) is 14.3 Å². The molecule has 5 nitrogen and oxygen atoms in total. The topological polar surface area (TPSA) is 64.0 Å². The van der Waals surface area contributed by atoms with E-state index in [1.165, 1.54) is 32.2 Å². The maximum absolute atomic E-state index is 13.3. The van der Waals surface area contributed by atoms with Crippen molar-refractivity contribution in [3.63, 3.8) is 0 Å². The second-order valence-electron chi connectivity index (χ2n) is 6.77. The Morgan fingerprint density at radius 2 is 1.86 bits per heavy atom. The van der Waals surface area contributed by atoms with Gasteiger partial charge in [0.15, 0.2) is 0 Å². The standard InChI is InChI=1S/C20H20F3N3O2S/c1-13-4-5-14(9-18(13)20(21,22)23)8-15-6-7-16(29(27,28)24-2)10-17(15)19-11-26(3)12-25-19/h4-7,9-12,24H,8H2,1-3H3. The number of benzene rings is 2. The summed E-state index contributed by atoms with van der Waals surface area (Å²) in [6.45, 7) is 1.42. The SMILES string of the molecule is CNS(=O)(=O)c1ccc(Cc2ccc(C)c(C(F)(F)F)c2)c(-c2cn(C)cn2)c1. The van der Waals surface area contributed by atoms with E-state index in [-0.39, 0.29) is 16.9 Å². The van der Waals surface area contributed by atoms with Crippen LogP contribution in [-0.4, -0.2) is 25.0 Å². The molecule has 1 N–H and O–H groups in total. The van der Waals surface area contributed by atoms with Gasteiger partial charge in [-0.25, -0.2) is 18.1 Å². The summed E-state index contributed by atoms with van der Waals surface area (Å²) in [5.74, 6) is 0. The largest absolute Gasteiger partial charge is 0.416 e. The van der Waals surface area contributed by atoms with Gasteiger partial charge in [-0.1, -0.05) is 18.2 Å². The molecule has 0 unspecified atom stereocenters. The van der Waals surface area contributed by atoms with Crippen molar-refractivity contribution in [1.29, 1.82) is 0 Å². The lowest BCUT2D eigenvalue weighted by Crippen LogP contribution is -2.18. The lowest BCUT2D eigenvalue weighted by atomic mass is 9.95. The van der Waals surface area contributed by atoms with Crippen LogP contribution in [0.4, 0.5) is 13.2 Å². The van der Waals surface area contributed by atoms with Crippen molar-refractivity contribution in [2.45, 2.75) is 24.4 Å². The zero-order valence-corrected chi connectivity index (χ0v) is 16.9. The van der Waals surface area contributed by atoms with Gasteiger partial charge in [-0.2, -0.15) is 13.2 Å². The number of sulfonamides is 1. The average Bonchev–Trinajstić information content (AvgIpc) is 3.08. The van der Waals surface area contributed by atoms with E-state index in [2.05, 4.69) is 9.71 Å². The third-order valence-corrected chi connectivity index (χ3v) is 6.06. The predicted octanol–water partition coefficient (Wildman–Crippen LogP) is 3.91. The number of hydrogen-bond acceptors (Lipinski definition) is 3. The molecule has 3 rings (SSSR count).